The van der Waals surface area contributed by atoms with Gasteiger partial charge >= 0.3 is 0 Å². The van der Waals surface area contributed by atoms with Crippen LogP contribution < -0.4 is 10.1 Å². The van der Waals surface area contributed by atoms with E-state index in [0.29, 0.717) is 25.3 Å². The number of aromatic nitrogens is 1. The Morgan fingerprint density at radius 1 is 1.45 bits per heavy atom. The van der Waals surface area contributed by atoms with E-state index >= 15 is 0 Å². The average Bonchev–Trinajstić information content (AvgIpc) is 2.76. The molecule has 1 aromatic heterocycles. The summed E-state index contributed by atoms with van der Waals surface area (Å²) in [6.45, 7) is 2.11. The highest BCUT2D eigenvalue weighted by Gasteiger charge is 2.29. The van der Waals surface area contributed by atoms with Crippen LogP contribution in [0.2, 0.25) is 0 Å². The van der Waals surface area contributed by atoms with Gasteiger partial charge in [-0.1, -0.05) is 0 Å². The lowest BCUT2D eigenvalue weighted by molar-refractivity contribution is 0.199. The number of nitrogens with one attached hydrogen (secondary N) is 1. The van der Waals surface area contributed by atoms with Crippen LogP contribution in [0.1, 0.15) is 12.1 Å². The summed E-state index contributed by atoms with van der Waals surface area (Å²) >= 11 is 0. The van der Waals surface area contributed by atoms with E-state index in [2.05, 4.69) is 10.3 Å². The molecule has 6 nitrogen and oxygen atoms in total. The van der Waals surface area contributed by atoms with Crippen molar-refractivity contribution in [1.82, 2.24) is 10.3 Å². The van der Waals surface area contributed by atoms with E-state index in [-0.39, 0.29) is 17.6 Å². The quantitative estimate of drug-likeness (QED) is 0.734. The first-order chi connectivity index (χ1) is 9.59. The summed E-state index contributed by atoms with van der Waals surface area (Å²) in [7, 11) is -1.25. The maximum atomic E-state index is 11.3. The van der Waals surface area contributed by atoms with Crippen molar-refractivity contribution in [2.75, 3.05) is 31.8 Å². The Labute approximate surface area is 119 Å². The largest absolute Gasteiger partial charge is 0.488 e. The van der Waals surface area contributed by atoms with E-state index in [1.54, 1.807) is 13.3 Å². The molecule has 7 heteroatoms. The Kier molecular flexibility index (Phi) is 5.33. The molecule has 1 unspecified atom stereocenters. The minimum Gasteiger partial charge on any atom is -0.488 e. The van der Waals surface area contributed by atoms with Gasteiger partial charge in [0, 0.05) is 20.2 Å². The molecule has 1 N–H and O–H groups in total. The molecule has 1 atom stereocenters. The average molecular weight is 300 g/mol. The molecule has 0 bridgehead atoms. The molecule has 20 heavy (non-hydrogen) atoms. The zero-order valence-corrected chi connectivity index (χ0v) is 12.4. The van der Waals surface area contributed by atoms with Gasteiger partial charge in [0.25, 0.3) is 0 Å². The van der Waals surface area contributed by atoms with Crippen LogP contribution in [0.3, 0.4) is 0 Å². The van der Waals surface area contributed by atoms with Crippen LogP contribution in [0.15, 0.2) is 18.3 Å². The van der Waals surface area contributed by atoms with Crippen molar-refractivity contribution in [3.8, 4) is 5.75 Å². The lowest BCUT2D eigenvalue weighted by Crippen LogP contribution is -2.19. The Balaban J connectivity index is 1.80. The SMILES string of the molecule is COCCNCc1ccc(OC2CCS(=O)(=O)C2)cn1. The minimum absolute atomic E-state index is 0.104. The van der Waals surface area contributed by atoms with Gasteiger partial charge in [-0.3, -0.25) is 4.98 Å². The second kappa shape index (κ2) is 7.01. The molecular weight excluding hydrogens is 280 g/mol. The number of nitrogens with zero attached hydrogens (tertiary/aromatic N) is 1. The minimum atomic E-state index is -2.91. The number of sulfone groups is 1. The van der Waals surface area contributed by atoms with Crippen molar-refractivity contribution in [3.63, 3.8) is 0 Å². The molecule has 0 aromatic carbocycles. The summed E-state index contributed by atoms with van der Waals surface area (Å²) in [5.74, 6) is 0.938. The van der Waals surface area contributed by atoms with Crippen molar-refractivity contribution in [1.29, 1.82) is 0 Å². The van der Waals surface area contributed by atoms with Crippen molar-refractivity contribution >= 4 is 9.84 Å². The van der Waals surface area contributed by atoms with E-state index in [1.165, 1.54) is 0 Å². The molecule has 0 amide bonds. The summed E-state index contributed by atoms with van der Waals surface area (Å²) in [5.41, 5.74) is 0.910. The molecule has 0 radical (unpaired) electrons. The predicted molar refractivity (Wildman–Crippen MR) is 75.5 cm³/mol. The third-order valence-corrected chi connectivity index (χ3v) is 4.82. The van der Waals surface area contributed by atoms with E-state index in [9.17, 15) is 8.42 Å². The maximum Gasteiger partial charge on any atom is 0.154 e. The number of methoxy groups -OCH3 is 1. The van der Waals surface area contributed by atoms with Crippen molar-refractivity contribution in [2.24, 2.45) is 0 Å². The fourth-order valence-electron chi connectivity index (χ4n) is 2.02. The normalized spacial score (nSPS) is 20.9. The number of pyridine rings is 1. The molecule has 1 aromatic rings. The van der Waals surface area contributed by atoms with Gasteiger partial charge in [0.1, 0.15) is 11.9 Å². The summed E-state index contributed by atoms with van der Waals surface area (Å²) in [6, 6.07) is 3.70. The topological polar surface area (TPSA) is 77.5 Å². The number of hydrogen-bond donors (Lipinski definition) is 1. The van der Waals surface area contributed by atoms with Crippen molar-refractivity contribution in [3.05, 3.63) is 24.0 Å². The molecule has 0 saturated carbocycles. The molecule has 2 rings (SSSR count). The zero-order chi connectivity index (χ0) is 14.4. The first kappa shape index (κ1) is 15.2. The van der Waals surface area contributed by atoms with Crippen LogP contribution in [0.4, 0.5) is 0 Å². The fourth-order valence-corrected chi connectivity index (χ4v) is 3.61. The summed E-state index contributed by atoms with van der Waals surface area (Å²) in [4.78, 5) is 4.28. The number of hydrogen-bond acceptors (Lipinski definition) is 6. The third-order valence-electron chi connectivity index (χ3n) is 3.08. The van der Waals surface area contributed by atoms with Crippen molar-refractivity contribution < 1.29 is 17.9 Å². The molecule has 1 fully saturated rings. The van der Waals surface area contributed by atoms with E-state index < -0.39 is 9.84 Å². The van der Waals surface area contributed by atoms with Gasteiger partial charge in [0.05, 0.1) is 30.0 Å². The highest BCUT2D eigenvalue weighted by molar-refractivity contribution is 7.91. The number of ether oxygens (including phenoxy) is 2. The van der Waals surface area contributed by atoms with Crippen LogP contribution >= 0.6 is 0 Å². The molecule has 0 aliphatic carbocycles. The smallest absolute Gasteiger partial charge is 0.154 e. The van der Waals surface area contributed by atoms with Crippen molar-refractivity contribution in [2.45, 2.75) is 19.1 Å². The van der Waals surface area contributed by atoms with Crippen LogP contribution in [0, 0.1) is 0 Å². The van der Waals surface area contributed by atoms with Gasteiger partial charge in [-0.25, -0.2) is 8.42 Å². The van der Waals surface area contributed by atoms with E-state index in [4.69, 9.17) is 9.47 Å². The van der Waals surface area contributed by atoms with E-state index in [0.717, 1.165) is 12.2 Å². The third kappa shape index (κ3) is 4.73. The molecule has 1 aliphatic heterocycles. The molecule has 1 saturated heterocycles. The second-order valence-corrected chi connectivity index (χ2v) is 7.03. The molecular formula is C13H20N2O4S. The first-order valence-electron chi connectivity index (χ1n) is 6.61. The highest BCUT2D eigenvalue weighted by atomic mass is 32.2. The molecule has 1 aliphatic rings. The van der Waals surface area contributed by atoms with Gasteiger partial charge in [-0.2, -0.15) is 0 Å². The fraction of sp³-hybridized carbons (Fsp3) is 0.615. The second-order valence-electron chi connectivity index (χ2n) is 4.80. The van der Waals surface area contributed by atoms with Crippen LogP contribution in [0.5, 0.6) is 5.75 Å². The van der Waals surface area contributed by atoms with Gasteiger partial charge in [-0.05, 0) is 18.6 Å². The molecule has 0 spiro atoms. The Bertz CT molecular complexity index is 516. The lowest BCUT2D eigenvalue weighted by atomic mass is 10.3. The number of rotatable bonds is 7. The monoisotopic (exact) mass is 300 g/mol. The first-order valence-corrected chi connectivity index (χ1v) is 8.43. The predicted octanol–water partition coefficient (Wildman–Crippen LogP) is 0.384. The lowest BCUT2D eigenvalue weighted by Gasteiger charge is -2.12. The van der Waals surface area contributed by atoms with E-state index in [1.807, 2.05) is 12.1 Å². The van der Waals surface area contributed by atoms with Gasteiger partial charge < -0.3 is 14.8 Å². The standard InChI is InChI=1S/C13H20N2O4S/c1-18-6-5-14-8-11-2-3-12(9-15-11)19-13-4-7-20(16,17)10-13/h2-3,9,13-14H,4-8,10H2,1H3. The molecule has 112 valence electrons. The summed E-state index contributed by atoms with van der Waals surface area (Å²) in [6.07, 6.45) is 1.95. The summed E-state index contributed by atoms with van der Waals surface area (Å²) < 4.78 is 33.3. The Hall–Kier alpha value is -1.18. The Morgan fingerprint density at radius 2 is 2.30 bits per heavy atom. The zero-order valence-electron chi connectivity index (χ0n) is 11.5. The molecule has 2 heterocycles. The van der Waals surface area contributed by atoms with Gasteiger partial charge in [0.15, 0.2) is 9.84 Å². The van der Waals surface area contributed by atoms with Crippen LogP contribution in [0.25, 0.3) is 0 Å². The Morgan fingerprint density at radius 3 is 2.90 bits per heavy atom. The van der Waals surface area contributed by atoms with Gasteiger partial charge in [0.2, 0.25) is 0 Å². The maximum absolute atomic E-state index is 11.3. The van der Waals surface area contributed by atoms with Gasteiger partial charge in [-0.15, -0.1) is 0 Å². The van der Waals surface area contributed by atoms with Crippen LogP contribution in [-0.2, 0) is 21.1 Å². The summed E-state index contributed by atoms with van der Waals surface area (Å²) in [5, 5.41) is 3.20. The van der Waals surface area contributed by atoms with Crippen LogP contribution in [-0.4, -0.2) is 51.3 Å². The highest BCUT2D eigenvalue weighted by Crippen LogP contribution is 2.19.